The van der Waals surface area contributed by atoms with Crippen molar-refractivity contribution >= 4 is 17.2 Å². The summed E-state index contributed by atoms with van der Waals surface area (Å²) in [6.45, 7) is 2.03. The molecule has 1 aromatic heterocycles. The minimum Gasteiger partial charge on any atom is -0.338 e. The van der Waals surface area contributed by atoms with E-state index in [1.807, 2.05) is 43.6 Å². The first-order chi connectivity index (χ1) is 9.61. The van der Waals surface area contributed by atoms with Crippen LogP contribution in [0.2, 0.25) is 0 Å². The Morgan fingerprint density at radius 3 is 2.60 bits per heavy atom. The van der Waals surface area contributed by atoms with Gasteiger partial charge in [0.2, 0.25) is 5.91 Å². The summed E-state index contributed by atoms with van der Waals surface area (Å²) in [5.41, 5.74) is 1.54. The summed E-state index contributed by atoms with van der Waals surface area (Å²) < 4.78 is 0. The Morgan fingerprint density at radius 2 is 2.05 bits per heavy atom. The Balaban J connectivity index is 2.02. The second-order valence-corrected chi connectivity index (χ2v) is 5.66. The summed E-state index contributed by atoms with van der Waals surface area (Å²) in [6.07, 6.45) is 0.359. The minimum absolute atomic E-state index is 0.0793. The maximum absolute atomic E-state index is 12.3. The number of hydrogen-bond donors (Lipinski definition) is 0. The Labute approximate surface area is 123 Å². The van der Waals surface area contributed by atoms with Crippen molar-refractivity contribution < 1.29 is 4.79 Å². The number of carbonyl (C=O) groups excluding carboxylic acids is 1. The van der Waals surface area contributed by atoms with Crippen LogP contribution < -0.4 is 0 Å². The minimum atomic E-state index is 0.0793. The zero-order valence-electron chi connectivity index (χ0n) is 11.5. The van der Waals surface area contributed by atoms with E-state index in [1.54, 1.807) is 28.4 Å². The van der Waals surface area contributed by atoms with Gasteiger partial charge in [0.1, 0.15) is 0 Å². The second-order valence-electron chi connectivity index (χ2n) is 4.68. The lowest BCUT2D eigenvalue weighted by atomic mass is 10.1. The van der Waals surface area contributed by atoms with Crippen LogP contribution >= 0.6 is 11.3 Å². The Kier molecular flexibility index (Phi) is 4.54. The van der Waals surface area contributed by atoms with E-state index in [2.05, 4.69) is 6.07 Å². The summed E-state index contributed by atoms with van der Waals surface area (Å²) in [5, 5.41) is 10.8. The number of rotatable bonds is 4. The molecule has 3 nitrogen and oxygen atoms in total. The molecule has 1 heterocycles. The number of amides is 1. The lowest BCUT2D eigenvalue weighted by Crippen LogP contribution is -2.30. The van der Waals surface area contributed by atoms with Crippen molar-refractivity contribution in [3.05, 3.63) is 57.8 Å². The highest BCUT2D eigenvalue weighted by Crippen LogP contribution is 2.23. The van der Waals surface area contributed by atoms with E-state index in [1.165, 1.54) is 4.88 Å². The van der Waals surface area contributed by atoms with Gasteiger partial charge in [-0.1, -0.05) is 18.2 Å². The van der Waals surface area contributed by atoms with Crippen LogP contribution in [0, 0.1) is 11.3 Å². The van der Waals surface area contributed by atoms with Crippen LogP contribution in [0.5, 0.6) is 0 Å². The molecule has 1 atom stereocenters. The van der Waals surface area contributed by atoms with Gasteiger partial charge in [0, 0.05) is 11.9 Å². The lowest BCUT2D eigenvalue weighted by Gasteiger charge is -2.24. The van der Waals surface area contributed by atoms with Crippen molar-refractivity contribution in [2.45, 2.75) is 19.4 Å². The molecule has 0 fully saturated rings. The molecule has 0 aliphatic heterocycles. The van der Waals surface area contributed by atoms with Crippen LogP contribution in [0.1, 0.15) is 29.0 Å². The molecule has 0 spiro atoms. The van der Waals surface area contributed by atoms with Gasteiger partial charge >= 0.3 is 0 Å². The molecule has 1 aromatic carbocycles. The molecule has 4 heteroatoms. The highest BCUT2D eigenvalue weighted by atomic mass is 32.1. The fraction of sp³-hybridized carbons (Fsp3) is 0.250. The number of nitrogens with zero attached hydrogens (tertiary/aromatic N) is 2. The van der Waals surface area contributed by atoms with Crippen molar-refractivity contribution in [2.24, 2.45) is 0 Å². The van der Waals surface area contributed by atoms with Crippen molar-refractivity contribution in [2.75, 3.05) is 7.05 Å². The largest absolute Gasteiger partial charge is 0.338 e. The first-order valence-corrected chi connectivity index (χ1v) is 7.28. The van der Waals surface area contributed by atoms with Gasteiger partial charge in [0.25, 0.3) is 0 Å². The number of thiophene rings is 1. The molecule has 2 aromatic rings. The molecular weight excluding hydrogens is 268 g/mol. The van der Waals surface area contributed by atoms with Crippen molar-refractivity contribution in [1.82, 2.24) is 4.90 Å². The topological polar surface area (TPSA) is 44.1 Å². The van der Waals surface area contributed by atoms with Crippen LogP contribution in [0.3, 0.4) is 0 Å². The molecule has 0 saturated carbocycles. The van der Waals surface area contributed by atoms with Crippen molar-refractivity contribution in [3.8, 4) is 6.07 Å². The SMILES string of the molecule is CC(c1cccs1)N(C)C(=O)Cc1ccc(C#N)cc1. The number of likely N-dealkylation sites (N-methyl/N-ethyl adjacent to an activating group) is 1. The monoisotopic (exact) mass is 284 g/mol. The highest BCUT2D eigenvalue weighted by Gasteiger charge is 2.18. The number of benzene rings is 1. The standard InChI is InChI=1S/C16H16N2OS/c1-12(15-4-3-9-20-15)18(2)16(19)10-13-5-7-14(11-17)8-6-13/h3-9,12H,10H2,1-2H3. The number of nitriles is 1. The van der Waals surface area contributed by atoms with Gasteiger partial charge in [0.15, 0.2) is 0 Å². The van der Waals surface area contributed by atoms with Crippen LogP contribution in [0.4, 0.5) is 0 Å². The molecule has 0 aliphatic rings. The Morgan fingerprint density at radius 1 is 1.35 bits per heavy atom. The summed E-state index contributed by atoms with van der Waals surface area (Å²) in [7, 11) is 1.83. The van der Waals surface area contributed by atoms with Gasteiger partial charge < -0.3 is 4.90 Å². The van der Waals surface area contributed by atoms with Crippen LogP contribution in [-0.2, 0) is 11.2 Å². The fourth-order valence-corrected chi connectivity index (χ4v) is 2.76. The molecule has 2 rings (SSSR count). The summed E-state index contributed by atoms with van der Waals surface area (Å²) in [4.78, 5) is 15.2. The Hall–Kier alpha value is -2.12. The van der Waals surface area contributed by atoms with Crippen LogP contribution in [-0.4, -0.2) is 17.9 Å². The van der Waals surface area contributed by atoms with Gasteiger partial charge in [0.05, 0.1) is 24.1 Å². The third-order valence-electron chi connectivity index (χ3n) is 3.37. The first-order valence-electron chi connectivity index (χ1n) is 6.40. The van der Waals surface area contributed by atoms with E-state index < -0.39 is 0 Å². The lowest BCUT2D eigenvalue weighted by molar-refractivity contribution is -0.131. The zero-order chi connectivity index (χ0) is 14.5. The van der Waals surface area contributed by atoms with Crippen LogP contribution in [0.25, 0.3) is 0 Å². The maximum Gasteiger partial charge on any atom is 0.227 e. The molecule has 102 valence electrons. The zero-order valence-corrected chi connectivity index (χ0v) is 12.4. The predicted octanol–water partition coefficient (Wildman–Crippen LogP) is 3.38. The highest BCUT2D eigenvalue weighted by molar-refractivity contribution is 7.10. The van der Waals surface area contributed by atoms with Crippen molar-refractivity contribution in [1.29, 1.82) is 5.26 Å². The normalized spacial score (nSPS) is 11.7. The average Bonchev–Trinajstić information content (AvgIpc) is 3.00. The second kappa shape index (κ2) is 6.36. The van der Waals surface area contributed by atoms with Gasteiger partial charge in [-0.15, -0.1) is 11.3 Å². The van der Waals surface area contributed by atoms with E-state index in [0.29, 0.717) is 12.0 Å². The molecule has 0 aliphatic carbocycles. The molecule has 1 unspecified atom stereocenters. The van der Waals surface area contributed by atoms with Crippen molar-refractivity contribution in [3.63, 3.8) is 0 Å². The van der Waals surface area contributed by atoms with Gasteiger partial charge in [-0.2, -0.15) is 5.26 Å². The predicted molar refractivity (Wildman–Crippen MR) is 80.4 cm³/mol. The maximum atomic E-state index is 12.3. The number of carbonyl (C=O) groups is 1. The fourth-order valence-electron chi connectivity index (χ4n) is 1.93. The molecule has 0 radical (unpaired) electrons. The van der Waals surface area contributed by atoms with Crippen LogP contribution in [0.15, 0.2) is 41.8 Å². The third-order valence-corrected chi connectivity index (χ3v) is 4.41. The van der Waals surface area contributed by atoms with E-state index in [0.717, 1.165) is 5.56 Å². The first kappa shape index (κ1) is 14.3. The molecule has 0 saturated heterocycles. The third kappa shape index (κ3) is 3.25. The quantitative estimate of drug-likeness (QED) is 0.864. The van der Waals surface area contributed by atoms with E-state index in [4.69, 9.17) is 5.26 Å². The average molecular weight is 284 g/mol. The van der Waals surface area contributed by atoms with Gasteiger partial charge in [-0.25, -0.2) is 0 Å². The number of hydrogen-bond acceptors (Lipinski definition) is 3. The van der Waals surface area contributed by atoms with E-state index in [9.17, 15) is 4.79 Å². The van der Waals surface area contributed by atoms with Gasteiger partial charge in [-0.3, -0.25) is 4.79 Å². The summed E-state index contributed by atoms with van der Waals surface area (Å²) in [5.74, 6) is 0.0793. The summed E-state index contributed by atoms with van der Waals surface area (Å²) in [6, 6.07) is 13.3. The Bertz CT molecular complexity index is 611. The molecule has 0 N–H and O–H groups in total. The molecule has 0 bridgehead atoms. The molecule has 1 amide bonds. The van der Waals surface area contributed by atoms with Gasteiger partial charge in [-0.05, 0) is 36.1 Å². The van der Waals surface area contributed by atoms with E-state index >= 15 is 0 Å². The molecule has 20 heavy (non-hydrogen) atoms. The molecular formula is C16H16N2OS. The smallest absolute Gasteiger partial charge is 0.227 e. The summed E-state index contributed by atoms with van der Waals surface area (Å²) >= 11 is 1.66. The van der Waals surface area contributed by atoms with E-state index in [-0.39, 0.29) is 11.9 Å².